The fourth-order valence-electron chi connectivity index (χ4n) is 5.03. The number of hydrogen-bond acceptors (Lipinski definition) is 10. The zero-order valence-electron chi connectivity index (χ0n) is 21.2. The number of aromatic nitrogens is 1. The molecule has 3 unspecified atom stereocenters. The minimum Gasteiger partial charge on any atom is -0.497 e. The number of imide groups is 1. The quantitative estimate of drug-likeness (QED) is 0.186. The molecule has 0 saturated carbocycles. The number of thiophene rings is 1. The maximum absolute atomic E-state index is 13.8. The molecule has 0 radical (unpaired) electrons. The van der Waals surface area contributed by atoms with Crippen molar-refractivity contribution in [1.29, 1.82) is 0 Å². The summed E-state index contributed by atoms with van der Waals surface area (Å²) < 4.78 is 6.49. The molecule has 208 valence electrons. The Morgan fingerprint density at radius 1 is 1.05 bits per heavy atom. The minimum absolute atomic E-state index is 0.157. The molecule has 2 aromatic heterocycles. The lowest BCUT2D eigenvalue weighted by Gasteiger charge is -2.29. The number of nitrogens with zero attached hydrogens (tertiary/aromatic N) is 3. The van der Waals surface area contributed by atoms with Crippen LogP contribution in [0, 0.1) is 16.0 Å². The Balaban J connectivity index is 1.34. The monoisotopic (exact) mass is 608 g/mol. The minimum atomic E-state index is -0.845. The molecular formula is C27H20N4O7S3. The van der Waals surface area contributed by atoms with Crippen LogP contribution in [-0.4, -0.2) is 39.6 Å². The molecule has 1 N–H and O–H groups in total. The van der Waals surface area contributed by atoms with E-state index in [-0.39, 0.29) is 22.8 Å². The number of fused-ring (bicyclic) bond motifs is 2. The fourth-order valence-corrected chi connectivity index (χ4v) is 8.75. The molecule has 0 aliphatic carbocycles. The number of nitro benzene ring substituents is 1. The van der Waals surface area contributed by atoms with E-state index in [1.165, 1.54) is 40.2 Å². The number of carbonyl (C=O) groups is 3. The number of benzene rings is 2. The van der Waals surface area contributed by atoms with Gasteiger partial charge in [0.25, 0.3) is 5.69 Å². The Bertz CT molecular complexity index is 1730. The molecule has 41 heavy (non-hydrogen) atoms. The standard InChI is InChI=1S/C27H20N4O7S3/c1-38-17-10-4-14(5-11-17)28-19(32)13-29-26-23(41-27(29)35)20(18-3-2-12-39-18)21-22(40-26)25(34)30(24(21)33)15-6-8-16(9-7-15)31(36)37/h2-12,20-22H,13H2,1H3,(H,28,32). The van der Waals surface area contributed by atoms with E-state index in [2.05, 4.69) is 5.32 Å². The third kappa shape index (κ3) is 4.73. The molecule has 11 nitrogen and oxygen atoms in total. The molecule has 0 spiro atoms. The van der Waals surface area contributed by atoms with Crippen LogP contribution in [0.2, 0.25) is 0 Å². The van der Waals surface area contributed by atoms with Gasteiger partial charge in [0.15, 0.2) is 0 Å². The Labute approximate surface area is 244 Å². The fraction of sp³-hybridized carbons (Fsp3) is 0.185. The maximum atomic E-state index is 13.8. The Morgan fingerprint density at radius 2 is 1.78 bits per heavy atom. The summed E-state index contributed by atoms with van der Waals surface area (Å²) in [5.74, 6) is -2.04. The van der Waals surface area contributed by atoms with E-state index in [0.29, 0.717) is 21.3 Å². The number of nitro groups is 1. The molecule has 1 saturated heterocycles. The number of amides is 3. The number of non-ortho nitro benzene ring substituents is 1. The number of thioether (sulfide) groups is 1. The normalized spacial score (nSPS) is 19.5. The average Bonchev–Trinajstić information content (AvgIpc) is 3.66. The zero-order chi connectivity index (χ0) is 28.8. The van der Waals surface area contributed by atoms with Gasteiger partial charge in [-0.25, -0.2) is 4.90 Å². The van der Waals surface area contributed by atoms with Crippen LogP contribution in [-0.2, 0) is 20.9 Å². The highest BCUT2D eigenvalue weighted by atomic mass is 32.2. The van der Waals surface area contributed by atoms with E-state index in [1.54, 1.807) is 31.4 Å². The number of carbonyl (C=O) groups excluding carboxylic acids is 3. The molecule has 3 atom stereocenters. The lowest BCUT2D eigenvalue weighted by atomic mass is 9.87. The van der Waals surface area contributed by atoms with Crippen molar-refractivity contribution in [2.24, 2.45) is 5.92 Å². The van der Waals surface area contributed by atoms with Crippen molar-refractivity contribution in [3.63, 3.8) is 0 Å². The highest BCUT2D eigenvalue weighted by Crippen LogP contribution is 2.54. The van der Waals surface area contributed by atoms with Gasteiger partial charge in [0, 0.05) is 33.5 Å². The SMILES string of the molecule is COc1ccc(NC(=O)Cn2c3c(sc2=O)C(c2cccs2)C2C(=O)N(c4ccc([N+](=O)[O-])cc4)C(=O)C2S3)cc1. The smallest absolute Gasteiger partial charge is 0.308 e. The van der Waals surface area contributed by atoms with Crippen molar-refractivity contribution in [2.45, 2.75) is 22.7 Å². The molecule has 0 bridgehead atoms. The molecule has 6 rings (SSSR count). The van der Waals surface area contributed by atoms with Gasteiger partial charge in [0.2, 0.25) is 17.7 Å². The molecule has 4 aromatic rings. The number of thiazole rings is 1. The van der Waals surface area contributed by atoms with Gasteiger partial charge in [-0.3, -0.25) is 33.9 Å². The van der Waals surface area contributed by atoms with Gasteiger partial charge in [-0.1, -0.05) is 29.2 Å². The molecule has 1 fully saturated rings. The van der Waals surface area contributed by atoms with E-state index in [4.69, 9.17) is 4.74 Å². The first-order valence-electron chi connectivity index (χ1n) is 12.3. The topological polar surface area (TPSA) is 141 Å². The molecule has 4 heterocycles. The van der Waals surface area contributed by atoms with Crippen LogP contribution in [0.25, 0.3) is 0 Å². The molecule has 2 aromatic carbocycles. The van der Waals surface area contributed by atoms with Crippen molar-refractivity contribution in [3.05, 3.63) is 95.6 Å². The molecule has 14 heteroatoms. The lowest BCUT2D eigenvalue weighted by Crippen LogP contribution is -2.32. The predicted molar refractivity (Wildman–Crippen MR) is 155 cm³/mol. The molecule has 2 aliphatic rings. The summed E-state index contributed by atoms with van der Waals surface area (Å²) in [6.45, 7) is -0.271. The van der Waals surface area contributed by atoms with Crippen LogP contribution in [0.5, 0.6) is 5.75 Å². The van der Waals surface area contributed by atoms with Gasteiger partial charge in [0.05, 0.1) is 28.7 Å². The predicted octanol–water partition coefficient (Wildman–Crippen LogP) is 4.32. The maximum Gasteiger partial charge on any atom is 0.308 e. The number of ether oxygens (including phenoxy) is 1. The van der Waals surface area contributed by atoms with Crippen molar-refractivity contribution in [1.82, 2.24) is 4.57 Å². The zero-order valence-corrected chi connectivity index (χ0v) is 23.7. The lowest BCUT2D eigenvalue weighted by molar-refractivity contribution is -0.384. The number of hydrogen-bond donors (Lipinski definition) is 1. The summed E-state index contributed by atoms with van der Waals surface area (Å²) in [6.07, 6.45) is 0. The number of nitrogens with one attached hydrogen (secondary N) is 1. The van der Waals surface area contributed by atoms with Crippen LogP contribution in [0.3, 0.4) is 0 Å². The second-order valence-electron chi connectivity index (χ2n) is 9.24. The summed E-state index contributed by atoms with van der Waals surface area (Å²) in [5, 5.41) is 15.4. The third-order valence-corrected chi connectivity index (χ3v) is 10.5. The van der Waals surface area contributed by atoms with Crippen molar-refractivity contribution >= 4 is 69.2 Å². The van der Waals surface area contributed by atoms with Gasteiger partial charge >= 0.3 is 4.87 Å². The summed E-state index contributed by atoms with van der Waals surface area (Å²) in [5.41, 5.74) is 0.618. The van der Waals surface area contributed by atoms with E-state index in [9.17, 15) is 29.3 Å². The number of anilines is 2. The van der Waals surface area contributed by atoms with E-state index < -0.39 is 39.7 Å². The largest absolute Gasteiger partial charge is 0.497 e. The van der Waals surface area contributed by atoms with E-state index in [0.717, 1.165) is 32.9 Å². The van der Waals surface area contributed by atoms with Crippen LogP contribution in [0.4, 0.5) is 17.1 Å². The first kappa shape index (κ1) is 26.9. The molecular weight excluding hydrogens is 589 g/mol. The second-order valence-corrected chi connectivity index (χ2v) is 12.3. The first-order valence-corrected chi connectivity index (χ1v) is 14.8. The summed E-state index contributed by atoms with van der Waals surface area (Å²) in [6, 6.07) is 15.7. The van der Waals surface area contributed by atoms with Gasteiger partial charge in [-0.15, -0.1) is 11.3 Å². The highest BCUT2D eigenvalue weighted by Gasteiger charge is 2.57. The van der Waals surface area contributed by atoms with Crippen molar-refractivity contribution < 1.29 is 24.0 Å². The Hall–Kier alpha value is -4.27. The van der Waals surface area contributed by atoms with Crippen molar-refractivity contribution in [2.75, 3.05) is 17.3 Å². The van der Waals surface area contributed by atoms with Gasteiger partial charge in [-0.05, 0) is 47.8 Å². The first-order chi connectivity index (χ1) is 19.8. The highest BCUT2D eigenvalue weighted by molar-refractivity contribution is 8.00. The number of rotatable bonds is 7. The van der Waals surface area contributed by atoms with Gasteiger partial charge in [0.1, 0.15) is 17.5 Å². The summed E-state index contributed by atoms with van der Waals surface area (Å²) >= 11 is 3.50. The molecule has 2 aliphatic heterocycles. The molecule has 3 amide bonds. The van der Waals surface area contributed by atoms with Gasteiger partial charge < -0.3 is 10.1 Å². The third-order valence-electron chi connectivity index (χ3n) is 6.89. The second kappa shape index (κ2) is 10.6. The van der Waals surface area contributed by atoms with Crippen molar-refractivity contribution in [3.8, 4) is 5.75 Å². The Kier molecular flexibility index (Phi) is 6.97. The van der Waals surface area contributed by atoms with E-state index in [1.807, 2.05) is 17.5 Å². The summed E-state index contributed by atoms with van der Waals surface area (Å²) in [7, 11) is 1.54. The van der Waals surface area contributed by atoms with Gasteiger partial charge in [-0.2, -0.15) is 0 Å². The number of methoxy groups -OCH3 is 1. The Morgan fingerprint density at radius 3 is 2.41 bits per heavy atom. The van der Waals surface area contributed by atoms with Crippen LogP contribution < -0.4 is 19.8 Å². The van der Waals surface area contributed by atoms with Crippen LogP contribution in [0.1, 0.15) is 15.7 Å². The van der Waals surface area contributed by atoms with Crippen LogP contribution in [0.15, 0.2) is 75.9 Å². The van der Waals surface area contributed by atoms with Crippen LogP contribution >= 0.6 is 34.4 Å². The van der Waals surface area contributed by atoms with E-state index >= 15 is 0 Å². The average molecular weight is 609 g/mol. The summed E-state index contributed by atoms with van der Waals surface area (Å²) in [4.78, 5) is 66.4.